The molecule has 0 bridgehead atoms. The van der Waals surface area contributed by atoms with Crippen LogP contribution in [0, 0.1) is 5.92 Å². The summed E-state index contributed by atoms with van der Waals surface area (Å²) in [6, 6.07) is 0. The second kappa shape index (κ2) is 9.53. The van der Waals surface area contributed by atoms with Crippen LogP contribution in [0.1, 0.15) is 95.3 Å². The van der Waals surface area contributed by atoms with Crippen molar-refractivity contribution in [3.8, 4) is 0 Å². The fourth-order valence-electron chi connectivity index (χ4n) is 7.16. The van der Waals surface area contributed by atoms with Gasteiger partial charge in [0.05, 0.1) is 0 Å². The Bertz CT molecular complexity index is 1510. The second-order valence-corrected chi connectivity index (χ2v) is 13.9. The molecule has 0 fully saturated rings. The van der Waals surface area contributed by atoms with E-state index in [0.717, 1.165) is 43.0 Å². The monoisotopic (exact) mass is 530 g/mol. The summed E-state index contributed by atoms with van der Waals surface area (Å²) in [6.45, 7) is 2.32. The fraction of sp³-hybridized carbons (Fsp3) is 0.548. The van der Waals surface area contributed by atoms with Crippen molar-refractivity contribution in [3.63, 3.8) is 0 Å². The van der Waals surface area contributed by atoms with Gasteiger partial charge in [-0.05, 0) is 124 Å². The molecule has 4 aliphatic rings. The molecule has 0 spiro atoms. The Labute approximate surface area is 227 Å². The van der Waals surface area contributed by atoms with E-state index in [1.807, 2.05) is 22.7 Å². The third-order valence-electron chi connectivity index (χ3n) is 9.18. The zero-order valence-corrected chi connectivity index (χ0v) is 23.7. The van der Waals surface area contributed by atoms with Crippen molar-refractivity contribution < 1.29 is 0 Å². The Kier molecular flexibility index (Phi) is 6.16. The molecule has 4 N–H and O–H groups in total. The number of anilines is 2. The lowest BCUT2D eigenvalue weighted by molar-refractivity contribution is 0.494. The van der Waals surface area contributed by atoms with Crippen LogP contribution in [0.2, 0.25) is 0 Å². The first kappa shape index (κ1) is 23.9. The van der Waals surface area contributed by atoms with E-state index in [1.54, 1.807) is 9.75 Å². The number of pyridine rings is 2. The molecule has 4 heterocycles. The standard InChI is InChI=1S/C16H20N2S.C15H18N2S/c1-9-6-7-10-12(8-9)18-16-14(15(10)17)11-4-2-3-5-13(11)19-16;16-14-9-5-1-3-7-11(9)17-15-13(14)10-6-2-4-8-12(10)18-15/h9H,2-8H2,1H3,(H2,17,18);1-8H2,(H2,16,17). The summed E-state index contributed by atoms with van der Waals surface area (Å²) < 4.78 is 0. The second-order valence-electron chi connectivity index (χ2n) is 11.7. The average Bonchev–Trinajstić information content (AvgIpc) is 3.47. The minimum Gasteiger partial charge on any atom is -0.398 e. The SMILES string of the molecule is CC1CCc2c(nc3sc4c(c3c2N)CCCC4)C1.Nc1c2c(nc3sc4c(c13)CCCC4)CCCC2. The first-order valence-corrected chi connectivity index (χ1v) is 16.1. The molecular weight excluding hydrogens is 493 g/mol. The molecular formula is C31H38N4S2. The Morgan fingerprint density at radius 2 is 1.08 bits per heavy atom. The van der Waals surface area contributed by atoms with E-state index in [0.29, 0.717) is 0 Å². The smallest absolute Gasteiger partial charge is 0.126 e. The molecule has 0 amide bonds. The first-order valence-electron chi connectivity index (χ1n) is 14.5. The predicted molar refractivity (Wildman–Crippen MR) is 159 cm³/mol. The van der Waals surface area contributed by atoms with Gasteiger partial charge in [-0.2, -0.15) is 0 Å². The topological polar surface area (TPSA) is 77.8 Å². The number of hydrogen-bond donors (Lipinski definition) is 2. The highest BCUT2D eigenvalue weighted by atomic mass is 32.1. The number of aryl methyl sites for hydroxylation is 5. The zero-order valence-electron chi connectivity index (χ0n) is 22.0. The van der Waals surface area contributed by atoms with Crippen LogP contribution in [0.5, 0.6) is 0 Å². The van der Waals surface area contributed by atoms with Crippen molar-refractivity contribution in [3.05, 3.63) is 43.4 Å². The number of thiophene rings is 2. The van der Waals surface area contributed by atoms with Gasteiger partial charge in [0, 0.05) is 43.3 Å². The number of fused-ring (bicyclic) bond motifs is 8. The lowest BCUT2D eigenvalue weighted by atomic mass is 9.86. The van der Waals surface area contributed by atoms with Gasteiger partial charge in [0.2, 0.25) is 0 Å². The molecule has 8 rings (SSSR count). The Morgan fingerprint density at radius 3 is 1.70 bits per heavy atom. The molecule has 0 radical (unpaired) electrons. The summed E-state index contributed by atoms with van der Waals surface area (Å²) in [5.74, 6) is 0.756. The van der Waals surface area contributed by atoms with Crippen LogP contribution in [-0.4, -0.2) is 9.97 Å². The quantitative estimate of drug-likeness (QED) is 0.246. The molecule has 0 aliphatic heterocycles. The number of nitrogens with two attached hydrogens (primary N) is 2. The maximum absolute atomic E-state index is 6.52. The van der Waals surface area contributed by atoms with E-state index in [1.165, 1.54) is 125 Å². The van der Waals surface area contributed by atoms with Crippen molar-refractivity contribution in [1.29, 1.82) is 0 Å². The summed E-state index contributed by atoms with van der Waals surface area (Å²) in [5.41, 5.74) is 23.5. The summed E-state index contributed by atoms with van der Waals surface area (Å²) >= 11 is 3.79. The molecule has 4 aromatic heterocycles. The molecule has 0 saturated carbocycles. The van der Waals surface area contributed by atoms with Crippen molar-refractivity contribution in [2.75, 3.05) is 11.5 Å². The van der Waals surface area contributed by atoms with E-state index >= 15 is 0 Å². The molecule has 0 saturated heterocycles. The van der Waals surface area contributed by atoms with E-state index < -0.39 is 0 Å². The summed E-state index contributed by atoms with van der Waals surface area (Å²) in [5, 5.41) is 2.63. The van der Waals surface area contributed by atoms with Gasteiger partial charge in [0.1, 0.15) is 9.66 Å². The molecule has 4 aromatic rings. The van der Waals surface area contributed by atoms with Crippen molar-refractivity contribution >= 4 is 54.5 Å². The number of nitrogens with zero attached hydrogens (tertiary/aromatic N) is 2. The van der Waals surface area contributed by atoms with Gasteiger partial charge in [-0.15, -0.1) is 22.7 Å². The van der Waals surface area contributed by atoms with Gasteiger partial charge < -0.3 is 11.5 Å². The van der Waals surface area contributed by atoms with Gasteiger partial charge in [-0.1, -0.05) is 6.92 Å². The van der Waals surface area contributed by atoms with Crippen LogP contribution in [0.25, 0.3) is 20.4 Å². The van der Waals surface area contributed by atoms with Crippen LogP contribution in [0.4, 0.5) is 11.4 Å². The normalized spacial score (nSPS) is 20.5. The highest BCUT2D eigenvalue weighted by Crippen LogP contribution is 2.43. The minimum absolute atomic E-state index is 0.756. The third-order valence-corrected chi connectivity index (χ3v) is 11.6. The zero-order chi connectivity index (χ0) is 25.1. The molecule has 4 nitrogen and oxygen atoms in total. The van der Waals surface area contributed by atoms with Crippen LogP contribution < -0.4 is 11.5 Å². The maximum atomic E-state index is 6.52. The summed E-state index contributed by atoms with van der Waals surface area (Å²) in [7, 11) is 0. The molecule has 194 valence electrons. The number of hydrogen-bond acceptors (Lipinski definition) is 6. The average molecular weight is 531 g/mol. The predicted octanol–water partition coefficient (Wildman–Crippen LogP) is 7.52. The lowest BCUT2D eigenvalue weighted by Gasteiger charge is -2.22. The molecule has 6 heteroatoms. The van der Waals surface area contributed by atoms with Gasteiger partial charge in [-0.25, -0.2) is 9.97 Å². The first-order chi connectivity index (χ1) is 18.1. The van der Waals surface area contributed by atoms with Crippen molar-refractivity contribution in [1.82, 2.24) is 9.97 Å². The minimum atomic E-state index is 0.756. The maximum Gasteiger partial charge on any atom is 0.126 e. The largest absolute Gasteiger partial charge is 0.398 e. The molecule has 37 heavy (non-hydrogen) atoms. The lowest BCUT2D eigenvalue weighted by Crippen LogP contribution is -2.15. The van der Waals surface area contributed by atoms with E-state index in [-0.39, 0.29) is 0 Å². The number of rotatable bonds is 0. The van der Waals surface area contributed by atoms with E-state index in [4.69, 9.17) is 21.4 Å². The summed E-state index contributed by atoms with van der Waals surface area (Å²) in [4.78, 5) is 15.4. The van der Waals surface area contributed by atoms with Gasteiger partial charge in [-0.3, -0.25) is 0 Å². The van der Waals surface area contributed by atoms with Crippen LogP contribution in [0.15, 0.2) is 0 Å². The van der Waals surface area contributed by atoms with Crippen molar-refractivity contribution in [2.24, 2.45) is 5.92 Å². The van der Waals surface area contributed by atoms with Crippen molar-refractivity contribution in [2.45, 2.75) is 103 Å². The summed E-state index contributed by atoms with van der Waals surface area (Å²) in [6.07, 6.45) is 18.5. The fourth-order valence-corrected chi connectivity index (χ4v) is 9.76. The highest BCUT2D eigenvalue weighted by molar-refractivity contribution is 7.19. The van der Waals surface area contributed by atoms with Gasteiger partial charge in [0.15, 0.2) is 0 Å². The van der Waals surface area contributed by atoms with E-state index in [9.17, 15) is 0 Å². The molecule has 4 aliphatic carbocycles. The van der Waals surface area contributed by atoms with E-state index in [2.05, 4.69) is 6.92 Å². The Balaban J connectivity index is 0.000000125. The Morgan fingerprint density at radius 1 is 0.595 bits per heavy atom. The molecule has 1 atom stereocenters. The highest BCUT2D eigenvalue weighted by Gasteiger charge is 2.26. The van der Waals surface area contributed by atoms with Gasteiger partial charge in [0.25, 0.3) is 0 Å². The number of aromatic nitrogens is 2. The molecule has 1 unspecified atom stereocenters. The van der Waals surface area contributed by atoms with Crippen LogP contribution >= 0.6 is 22.7 Å². The van der Waals surface area contributed by atoms with Crippen LogP contribution in [0.3, 0.4) is 0 Å². The third kappa shape index (κ3) is 4.06. The molecule has 0 aromatic carbocycles. The Hall–Kier alpha value is -2.18. The number of nitrogen functional groups attached to an aromatic ring is 2. The van der Waals surface area contributed by atoms with Gasteiger partial charge >= 0.3 is 0 Å². The van der Waals surface area contributed by atoms with Crippen LogP contribution in [-0.2, 0) is 51.4 Å².